The van der Waals surface area contributed by atoms with Crippen LogP contribution in [0, 0.1) is 11.3 Å². The lowest BCUT2D eigenvalue weighted by molar-refractivity contribution is -0.128. The second-order valence-corrected chi connectivity index (χ2v) is 11.2. The normalized spacial score (nSPS) is 23.9. The van der Waals surface area contributed by atoms with Crippen molar-refractivity contribution in [3.8, 4) is 5.75 Å². The number of carbonyl (C=O) groups is 3. The van der Waals surface area contributed by atoms with Crippen molar-refractivity contribution < 1.29 is 19.1 Å². The second-order valence-electron chi connectivity index (χ2n) is 10.7. The van der Waals surface area contributed by atoms with E-state index in [1.54, 1.807) is 42.5 Å². The lowest BCUT2D eigenvalue weighted by Crippen LogP contribution is -2.49. The van der Waals surface area contributed by atoms with Crippen LogP contribution in [-0.2, 0) is 9.59 Å². The molecule has 0 radical (unpaired) electrons. The van der Waals surface area contributed by atoms with Gasteiger partial charge in [0.15, 0.2) is 0 Å². The van der Waals surface area contributed by atoms with Crippen molar-refractivity contribution >= 4 is 40.7 Å². The molecule has 1 heterocycles. The number of nitrogens with zero attached hydrogens (tertiary/aromatic N) is 1. The quantitative estimate of drug-likeness (QED) is 0.300. The van der Waals surface area contributed by atoms with Gasteiger partial charge in [-0.1, -0.05) is 72.3 Å². The largest absolute Gasteiger partial charge is 0.495 e. The van der Waals surface area contributed by atoms with E-state index in [9.17, 15) is 14.4 Å². The number of benzene rings is 4. The molecule has 1 N–H and O–H groups in total. The standard InChI is InChI=1S/C33H25ClN2O4/c1-33-28-21-11-5-3-9-19(21)27(20-10-4-6-12-22(20)28)29(33)31(38)36(32(33)39)25-14-8-7-13-23(25)30(37)35-24-17-18(34)15-16-26(24)40-2/h3-17,27-29H,1-2H3,(H,35,37)/t27?,28?,29-,33-/m0/s1. The minimum atomic E-state index is -0.996. The number of ether oxygens (including phenoxy) is 1. The first-order valence-corrected chi connectivity index (χ1v) is 13.5. The van der Waals surface area contributed by atoms with Crippen molar-refractivity contribution in [1.29, 1.82) is 0 Å². The lowest BCUT2D eigenvalue weighted by atomic mass is 9.48. The summed E-state index contributed by atoms with van der Waals surface area (Å²) in [6.45, 7) is 1.92. The highest BCUT2D eigenvalue weighted by Gasteiger charge is 2.69. The van der Waals surface area contributed by atoms with Crippen LogP contribution in [0.15, 0.2) is 91.0 Å². The highest BCUT2D eigenvalue weighted by atomic mass is 35.5. The number of anilines is 2. The summed E-state index contributed by atoms with van der Waals surface area (Å²) in [6.07, 6.45) is 0. The summed E-state index contributed by atoms with van der Waals surface area (Å²) in [5.74, 6) is -1.72. The third kappa shape index (κ3) is 3.20. The van der Waals surface area contributed by atoms with Gasteiger partial charge in [-0.05, 0) is 59.5 Å². The van der Waals surface area contributed by atoms with E-state index in [4.69, 9.17) is 16.3 Å². The molecule has 6 nitrogen and oxygen atoms in total. The van der Waals surface area contributed by atoms with Crippen LogP contribution in [0.3, 0.4) is 0 Å². The third-order valence-electron chi connectivity index (χ3n) is 8.81. The fraction of sp³-hybridized carbons (Fsp3) is 0.182. The van der Waals surface area contributed by atoms with Crippen molar-refractivity contribution in [3.63, 3.8) is 0 Å². The molecule has 8 rings (SSSR count). The number of imide groups is 1. The van der Waals surface area contributed by atoms with Crippen molar-refractivity contribution in [3.05, 3.63) is 124 Å². The number of methoxy groups -OCH3 is 1. The van der Waals surface area contributed by atoms with Crippen LogP contribution in [0.5, 0.6) is 5.75 Å². The average Bonchev–Trinajstić information content (AvgIpc) is 3.18. The maximum Gasteiger partial charge on any atom is 0.257 e. The van der Waals surface area contributed by atoms with E-state index in [2.05, 4.69) is 29.6 Å². The number of amides is 3. The maximum absolute atomic E-state index is 14.5. The van der Waals surface area contributed by atoms with Gasteiger partial charge in [-0.3, -0.25) is 14.4 Å². The summed E-state index contributed by atoms with van der Waals surface area (Å²) in [5, 5.41) is 3.28. The predicted octanol–water partition coefficient (Wildman–Crippen LogP) is 6.39. The minimum Gasteiger partial charge on any atom is -0.495 e. The van der Waals surface area contributed by atoms with E-state index >= 15 is 0 Å². The predicted molar refractivity (Wildman–Crippen MR) is 153 cm³/mol. The molecule has 2 atom stereocenters. The molecule has 198 valence electrons. The summed E-state index contributed by atoms with van der Waals surface area (Å²) < 4.78 is 5.38. The average molecular weight is 549 g/mol. The molecule has 7 heteroatoms. The van der Waals surface area contributed by atoms with E-state index in [1.807, 2.05) is 31.2 Å². The van der Waals surface area contributed by atoms with Gasteiger partial charge in [0.25, 0.3) is 5.91 Å². The Morgan fingerprint density at radius 2 is 1.48 bits per heavy atom. The van der Waals surface area contributed by atoms with Gasteiger partial charge in [0, 0.05) is 16.9 Å². The highest BCUT2D eigenvalue weighted by molar-refractivity contribution is 6.31. The fourth-order valence-electron chi connectivity index (χ4n) is 7.17. The Balaban J connectivity index is 1.34. The van der Waals surface area contributed by atoms with Crippen molar-refractivity contribution in [2.75, 3.05) is 17.3 Å². The van der Waals surface area contributed by atoms with Crippen LogP contribution in [0.1, 0.15) is 51.4 Å². The van der Waals surface area contributed by atoms with Crippen molar-refractivity contribution in [2.24, 2.45) is 11.3 Å². The number of rotatable bonds is 4. The van der Waals surface area contributed by atoms with Crippen LogP contribution >= 0.6 is 11.6 Å². The molecule has 0 saturated carbocycles. The van der Waals surface area contributed by atoms with Crippen LogP contribution in [0.2, 0.25) is 5.02 Å². The Labute approximate surface area is 236 Å². The topological polar surface area (TPSA) is 75.7 Å². The van der Waals surface area contributed by atoms with Gasteiger partial charge in [0.1, 0.15) is 5.75 Å². The zero-order valence-corrected chi connectivity index (χ0v) is 22.6. The number of para-hydroxylation sites is 1. The van der Waals surface area contributed by atoms with E-state index in [0.29, 0.717) is 16.5 Å². The SMILES string of the molecule is COc1ccc(Cl)cc1NC(=O)c1ccccc1N1C(=O)[C@@H]2C3c4ccccc4C(c4ccccc43)[C@]2(C)C1=O. The molecule has 3 aliphatic carbocycles. The lowest BCUT2D eigenvalue weighted by Gasteiger charge is -2.51. The Morgan fingerprint density at radius 1 is 0.875 bits per heavy atom. The number of carbonyl (C=O) groups excluding carboxylic acids is 3. The van der Waals surface area contributed by atoms with Crippen molar-refractivity contribution in [1.82, 2.24) is 0 Å². The molecular weight excluding hydrogens is 524 g/mol. The van der Waals surface area contributed by atoms with Gasteiger partial charge in [-0.25, -0.2) is 4.90 Å². The smallest absolute Gasteiger partial charge is 0.257 e. The maximum atomic E-state index is 14.5. The minimum absolute atomic E-state index is 0.204. The first kappa shape index (κ1) is 24.6. The van der Waals surface area contributed by atoms with Crippen LogP contribution < -0.4 is 15.0 Å². The Hall–Kier alpha value is -4.42. The number of nitrogens with one attached hydrogen (secondary N) is 1. The van der Waals surface area contributed by atoms with Crippen LogP contribution in [-0.4, -0.2) is 24.8 Å². The summed E-state index contributed by atoms with van der Waals surface area (Å²) >= 11 is 6.17. The molecular formula is C33H25ClN2O4. The van der Waals surface area contributed by atoms with Crippen molar-refractivity contribution in [2.45, 2.75) is 18.8 Å². The van der Waals surface area contributed by atoms with Gasteiger partial charge < -0.3 is 10.1 Å². The molecule has 0 unspecified atom stereocenters. The summed E-state index contributed by atoms with van der Waals surface area (Å²) in [6, 6.07) is 27.9. The molecule has 1 saturated heterocycles. The molecule has 1 aliphatic heterocycles. The van der Waals surface area contributed by atoms with E-state index in [1.165, 1.54) is 12.0 Å². The zero-order valence-electron chi connectivity index (χ0n) is 21.9. The summed E-state index contributed by atoms with van der Waals surface area (Å²) in [7, 11) is 1.50. The summed E-state index contributed by atoms with van der Waals surface area (Å²) in [4.78, 5) is 43.7. The number of halogens is 1. The summed E-state index contributed by atoms with van der Waals surface area (Å²) in [5.41, 5.74) is 4.23. The molecule has 40 heavy (non-hydrogen) atoms. The molecule has 4 aromatic carbocycles. The number of hydrogen-bond acceptors (Lipinski definition) is 4. The van der Waals surface area contributed by atoms with Gasteiger partial charge in [-0.15, -0.1) is 0 Å². The molecule has 4 aromatic rings. The molecule has 0 aromatic heterocycles. The van der Waals surface area contributed by atoms with E-state index < -0.39 is 17.2 Å². The first-order chi connectivity index (χ1) is 19.4. The zero-order chi connectivity index (χ0) is 27.8. The van der Waals surface area contributed by atoms with Gasteiger partial charge in [0.05, 0.1) is 35.4 Å². The monoisotopic (exact) mass is 548 g/mol. The first-order valence-electron chi connectivity index (χ1n) is 13.2. The Bertz CT molecular complexity index is 1700. The van der Waals surface area contributed by atoms with E-state index in [-0.39, 0.29) is 34.9 Å². The highest BCUT2D eigenvalue weighted by Crippen LogP contribution is 2.67. The third-order valence-corrected chi connectivity index (χ3v) is 9.05. The molecule has 2 bridgehead atoms. The second kappa shape index (κ2) is 8.80. The molecule has 4 aliphatic rings. The van der Waals surface area contributed by atoms with Crippen LogP contribution in [0.25, 0.3) is 0 Å². The Morgan fingerprint density at radius 3 is 2.12 bits per heavy atom. The fourth-order valence-corrected chi connectivity index (χ4v) is 7.34. The van der Waals surface area contributed by atoms with Gasteiger partial charge in [-0.2, -0.15) is 0 Å². The van der Waals surface area contributed by atoms with Gasteiger partial charge in [0.2, 0.25) is 11.8 Å². The Kier molecular flexibility index (Phi) is 5.41. The molecule has 3 amide bonds. The van der Waals surface area contributed by atoms with Gasteiger partial charge >= 0.3 is 0 Å². The molecule has 0 spiro atoms. The number of hydrogen-bond donors (Lipinski definition) is 1. The van der Waals surface area contributed by atoms with Crippen LogP contribution in [0.4, 0.5) is 11.4 Å². The molecule has 1 fully saturated rings. The van der Waals surface area contributed by atoms with E-state index in [0.717, 1.165) is 22.3 Å².